The third kappa shape index (κ3) is 5.94. The summed E-state index contributed by atoms with van der Waals surface area (Å²) >= 11 is 0. The molecule has 3 nitrogen and oxygen atoms in total. The van der Waals surface area contributed by atoms with Gasteiger partial charge in [-0.25, -0.2) is 4.79 Å². The quantitative estimate of drug-likeness (QED) is 0.191. The molecule has 0 aliphatic heterocycles. The van der Waals surface area contributed by atoms with Crippen LogP contribution in [0.1, 0.15) is 0 Å². The van der Waals surface area contributed by atoms with Crippen molar-refractivity contribution in [3.05, 3.63) is 182 Å². The number of hydrogen-bond donors (Lipinski definition) is 1. The van der Waals surface area contributed by atoms with Crippen molar-refractivity contribution in [3.8, 4) is 0 Å². The van der Waals surface area contributed by atoms with Gasteiger partial charge in [-0.05, 0) is 72.8 Å². The number of carbonyl (C=O) groups excluding carboxylic acids is 1. The molecule has 0 atom stereocenters. The Morgan fingerprint density at radius 2 is 0.628 bits per heavy atom. The molecule has 0 radical (unpaired) electrons. The van der Waals surface area contributed by atoms with Crippen LogP contribution in [0.2, 0.25) is 0 Å². The van der Waals surface area contributed by atoms with Crippen LogP contribution in [0.3, 0.4) is 0 Å². The van der Waals surface area contributed by atoms with E-state index in [0.29, 0.717) is 0 Å². The number of rotatable bonds is 9. The van der Waals surface area contributed by atoms with Gasteiger partial charge in [0.1, 0.15) is 39.1 Å². The first kappa shape index (κ1) is 30.1. The summed E-state index contributed by atoms with van der Waals surface area (Å²) in [7, 11) is -5.23. The smallest absolute Gasteiger partial charge is 0.344 e. The van der Waals surface area contributed by atoms with Crippen LogP contribution in [0.4, 0.5) is 0 Å². The molecule has 212 valence electrons. The van der Waals surface area contributed by atoms with Gasteiger partial charge in [0.25, 0.3) is 7.49 Å². The molecule has 0 bridgehead atoms. The Kier molecular flexibility index (Phi) is 9.60. The second-order valence-corrected chi connectivity index (χ2v) is 16.5. The third-order valence-electron chi connectivity index (χ3n) is 7.56. The largest absolute Gasteiger partial charge is 0.389 e. The molecular weight excluding hydrogens is 564 g/mol. The van der Waals surface area contributed by atoms with Crippen molar-refractivity contribution in [1.82, 2.24) is 6.15 Å². The number of carbonyl (C=O) groups is 1. The van der Waals surface area contributed by atoms with Gasteiger partial charge < -0.3 is 6.15 Å². The molecule has 6 rings (SSSR count). The molecule has 0 fully saturated rings. The summed E-state index contributed by atoms with van der Waals surface area (Å²) in [5.74, 6) is -0.204. The minimum absolute atomic E-state index is 0. The van der Waals surface area contributed by atoms with Crippen LogP contribution in [0.15, 0.2) is 182 Å². The lowest BCUT2D eigenvalue weighted by Gasteiger charge is -2.29. The van der Waals surface area contributed by atoms with Crippen molar-refractivity contribution in [3.63, 3.8) is 0 Å². The highest BCUT2D eigenvalue weighted by molar-refractivity contribution is 7.96. The summed E-state index contributed by atoms with van der Waals surface area (Å²) in [5, 5.41) is 6.50. The van der Waals surface area contributed by atoms with Crippen LogP contribution in [0, 0.1) is 0 Å². The lowest BCUT2D eigenvalue weighted by Crippen LogP contribution is -2.39. The van der Waals surface area contributed by atoms with E-state index < -0.39 is 14.8 Å². The molecule has 0 saturated carbocycles. The fourth-order valence-electron chi connectivity index (χ4n) is 5.66. The lowest BCUT2D eigenvalue weighted by molar-refractivity contribution is -0.130. The Hall–Kier alpha value is -4.39. The van der Waals surface area contributed by atoms with E-state index in [1.165, 1.54) is 0 Å². The monoisotopic (exact) mass is 599 g/mol. The normalized spacial score (nSPS) is 11.3. The summed E-state index contributed by atoms with van der Waals surface area (Å²) in [6.07, 6.45) is 0.249. The molecule has 0 heterocycles. The van der Waals surface area contributed by atoms with E-state index >= 15 is 0 Å². The van der Waals surface area contributed by atoms with E-state index in [-0.39, 0.29) is 18.3 Å². The van der Waals surface area contributed by atoms with Gasteiger partial charge >= 0.3 is 5.97 Å². The maximum absolute atomic E-state index is 14.7. The van der Waals surface area contributed by atoms with E-state index in [0.717, 1.165) is 31.8 Å². The molecule has 3 N–H and O–H groups in total. The van der Waals surface area contributed by atoms with Crippen LogP contribution >= 0.6 is 14.8 Å². The standard InChI is InChI=1S/C38H32O2P2.H3N/c39-38(31-41(32-19-7-1-8-20-32,33-21-9-2-10-22-33)34-23-11-3-12-24-34)40-42(35-25-13-4-14-26-35,36-27-15-5-16-28-36)37-29-17-6-18-30-37;/h1-30H,31H2;1H3/q+2;. The summed E-state index contributed by atoms with van der Waals surface area (Å²) in [6.45, 7) is 0. The van der Waals surface area contributed by atoms with E-state index in [1.807, 2.05) is 72.8 Å². The van der Waals surface area contributed by atoms with Crippen LogP contribution in [-0.4, -0.2) is 12.1 Å². The molecule has 43 heavy (non-hydrogen) atoms. The highest BCUT2D eigenvalue weighted by Gasteiger charge is 2.55. The molecule has 6 aromatic rings. The molecule has 0 aliphatic rings. The van der Waals surface area contributed by atoms with Crippen LogP contribution < -0.4 is 38.0 Å². The second kappa shape index (κ2) is 13.7. The molecular formula is C38H35NO2P2+2. The molecule has 6 aromatic carbocycles. The highest BCUT2D eigenvalue weighted by Crippen LogP contribution is 2.60. The van der Waals surface area contributed by atoms with E-state index in [1.54, 1.807) is 0 Å². The van der Waals surface area contributed by atoms with Crippen molar-refractivity contribution < 1.29 is 9.32 Å². The van der Waals surface area contributed by atoms with E-state index in [9.17, 15) is 4.79 Å². The number of benzene rings is 6. The van der Waals surface area contributed by atoms with Crippen LogP contribution in [0.5, 0.6) is 0 Å². The van der Waals surface area contributed by atoms with Crippen molar-refractivity contribution in [1.29, 1.82) is 0 Å². The van der Waals surface area contributed by atoms with Gasteiger partial charge in [0.15, 0.2) is 6.16 Å². The van der Waals surface area contributed by atoms with E-state index in [4.69, 9.17) is 4.52 Å². The first-order chi connectivity index (χ1) is 20.7. The van der Waals surface area contributed by atoms with E-state index in [2.05, 4.69) is 109 Å². The molecule has 0 saturated heterocycles. The molecule has 5 heteroatoms. The molecule has 0 aliphatic carbocycles. The van der Waals surface area contributed by atoms with Gasteiger partial charge in [0.05, 0.1) is 0 Å². The maximum Gasteiger partial charge on any atom is 0.389 e. The fraction of sp³-hybridized carbons (Fsp3) is 0.0263. The van der Waals surface area contributed by atoms with Crippen molar-refractivity contribution in [2.45, 2.75) is 0 Å². The van der Waals surface area contributed by atoms with Gasteiger partial charge in [-0.2, -0.15) is 0 Å². The molecule has 0 unspecified atom stereocenters. The second-order valence-electron chi connectivity index (χ2n) is 10.1. The molecule has 0 spiro atoms. The summed E-state index contributed by atoms with van der Waals surface area (Å²) in [6, 6.07) is 62.2. The zero-order chi connectivity index (χ0) is 28.7. The average Bonchev–Trinajstić information content (AvgIpc) is 3.08. The third-order valence-corrected chi connectivity index (χ3v) is 15.4. The minimum atomic E-state index is -2.80. The predicted octanol–water partition coefficient (Wildman–Crippen LogP) is 6.59. The Morgan fingerprint density at radius 3 is 0.884 bits per heavy atom. The molecule has 0 aromatic heterocycles. The Bertz CT molecular complexity index is 1390. The summed E-state index contributed by atoms with van der Waals surface area (Å²) < 4.78 is 7.02. The first-order valence-electron chi connectivity index (χ1n) is 14.1. The van der Waals surface area contributed by atoms with Gasteiger partial charge in [0, 0.05) is 0 Å². The zero-order valence-electron chi connectivity index (χ0n) is 23.9. The fourth-order valence-corrected chi connectivity index (χ4v) is 13.1. The highest BCUT2D eigenvalue weighted by atomic mass is 31.2. The predicted molar refractivity (Wildman–Crippen MR) is 186 cm³/mol. The topological polar surface area (TPSA) is 61.3 Å². The molecule has 0 amide bonds. The summed E-state index contributed by atoms with van der Waals surface area (Å²) in [5.41, 5.74) is 0. The van der Waals surface area contributed by atoms with Crippen LogP contribution in [0.25, 0.3) is 0 Å². The van der Waals surface area contributed by atoms with Gasteiger partial charge in [-0.15, -0.1) is 0 Å². The lowest BCUT2D eigenvalue weighted by atomic mass is 10.4. The minimum Gasteiger partial charge on any atom is -0.344 e. The Labute approximate surface area is 255 Å². The average molecular weight is 600 g/mol. The zero-order valence-corrected chi connectivity index (χ0v) is 25.7. The first-order valence-corrected chi connectivity index (χ1v) is 17.7. The Balaban J connectivity index is 0.00000368. The van der Waals surface area contributed by atoms with Gasteiger partial charge in [-0.3, -0.25) is 4.52 Å². The Morgan fingerprint density at radius 1 is 0.395 bits per heavy atom. The SMILES string of the molecule is N.O=C(C[P+](c1ccccc1)(c1ccccc1)c1ccccc1)O[P+](c1ccccc1)(c1ccccc1)c1ccccc1. The van der Waals surface area contributed by atoms with Crippen molar-refractivity contribution >= 4 is 52.5 Å². The van der Waals surface area contributed by atoms with Gasteiger partial charge in [-0.1, -0.05) is 109 Å². The van der Waals surface area contributed by atoms with Gasteiger partial charge in [0.2, 0.25) is 0 Å². The van der Waals surface area contributed by atoms with Crippen LogP contribution in [-0.2, 0) is 9.32 Å². The summed E-state index contributed by atoms with van der Waals surface area (Å²) in [4.78, 5) is 14.7. The van der Waals surface area contributed by atoms with Crippen molar-refractivity contribution in [2.24, 2.45) is 0 Å². The number of hydrogen-bond acceptors (Lipinski definition) is 3. The maximum atomic E-state index is 14.7. The van der Waals surface area contributed by atoms with Crippen molar-refractivity contribution in [2.75, 3.05) is 6.16 Å².